The topological polar surface area (TPSA) is 90.5 Å². The van der Waals surface area contributed by atoms with Gasteiger partial charge in [-0.3, -0.25) is 14.5 Å². The molecule has 0 atom stereocenters. The number of carbonyl (C=O) groups is 2. The Morgan fingerprint density at radius 3 is 2.58 bits per heavy atom. The number of hydrogen-bond donors (Lipinski definition) is 2. The van der Waals surface area contributed by atoms with Gasteiger partial charge >= 0.3 is 0 Å². The average Bonchev–Trinajstić information content (AvgIpc) is 3.25. The number of para-hydroxylation sites is 1. The molecular weight excluding hydrogens is 412 g/mol. The molecule has 0 radical (unpaired) electrons. The molecule has 2 amide bonds. The van der Waals surface area contributed by atoms with Gasteiger partial charge in [-0.05, 0) is 31.5 Å². The lowest BCUT2D eigenvalue weighted by molar-refractivity contribution is -0.121. The van der Waals surface area contributed by atoms with Crippen LogP contribution in [-0.2, 0) is 11.2 Å². The van der Waals surface area contributed by atoms with Crippen molar-refractivity contribution in [2.24, 2.45) is 0 Å². The average molecular weight is 445 g/mol. The minimum absolute atomic E-state index is 0.0641. The summed E-state index contributed by atoms with van der Waals surface area (Å²) in [5.41, 5.74) is 1.77. The highest BCUT2D eigenvalue weighted by molar-refractivity contribution is 7.13. The standard InChI is InChI=1S/C22H32N6O2S/c1-3-27-13-15-28(16-14-27)12-11-23-19(29)9-6-10-20-25-26-22(31-20)21(30)24-18-8-5-4-7-17(18)2/h4-5,7-8H,3,6,9-16H2,1-2H3,(H,23,29)(H,24,30). The summed E-state index contributed by atoms with van der Waals surface area (Å²) in [6.45, 7) is 11.2. The molecule has 0 saturated carbocycles. The van der Waals surface area contributed by atoms with E-state index in [1.165, 1.54) is 11.3 Å². The van der Waals surface area contributed by atoms with Crippen molar-refractivity contribution in [3.8, 4) is 0 Å². The summed E-state index contributed by atoms with van der Waals surface area (Å²) in [5.74, 6) is -0.190. The summed E-state index contributed by atoms with van der Waals surface area (Å²) in [6.07, 6.45) is 1.78. The Morgan fingerprint density at radius 2 is 1.84 bits per heavy atom. The summed E-state index contributed by atoms with van der Waals surface area (Å²) in [6, 6.07) is 7.61. The lowest BCUT2D eigenvalue weighted by Gasteiger charge is -2.33. The van der Waals surface area contributed by atoms with Crippen LogP contribution in [0.15, 0.2) is 24.3 Å². The fraction of sp³-hybridized carbons (Fsp3) is 0.545. The Labute approximate surface area is 188 Å². The van der Waals surface area contributed by atoms with Crippen molar-refractivity contribution in [1.82, 2.24) is 25.3 Å². The maximum atomic E-state index is 12.4. The van der Waals surface area contributed by atoms with Gasteiger partial charge in [0.25, 0.3) is 5.91 Å². The zero-order valence-electron chi connectivity index (χ0n) is 18.4. The van der Waals surface area contributed by atoms with Gasteiger partial charge < -0.3 is 15.5 Å². The number of likely N-dealkylation sites (N-methyl/N-ethyl adjacent to an activating group) is 1. The lowest BCUT2D eigenvalue weighted by Crippen LogP contribution is -2.48. The predicted molar refractivity (Wildman–Crippen MR) is 124 cm³/mol. The van der Waals surface area contributed by atoms with Crippen LogP contribution in [-0.4, -0.2) is 77.6 Å². The first-order valence-electron chi connectivity index (χ1n) is 11.0. The first-order chi connectivity index (χ1) is 15.0. The molecule has 2 N–H and O–H groups in total. The summed E-state index contributed by atoms with van der Waals surface area (Å²) in [5, 5.41) is 15.1. The molecule has 8 nitrogen and oxygen atoms in total. The molecule has 3 rings (SSSR count). The molecule has 0 aliphatic carbocycles. The molecule has 1 aromatic carbocycles. The minimum Gasteiger partial charge on any atom is -0.355 e. The first-order valence-corrected chi connectivity index (χ1v) is 11.8. The van der Waals surface area contributed by atoms with E-state index in [1.54, 1.807) is 0 Å². The van der Waals surface area contributed by atoms with Crippen LogP contribution in [0, 0.1) is 6.92 Å². The van der Waals surface area contributed by atoms with E-state index in [9.17, 15) is 9.59 Å². The van der Waals surface area contributed by atoms with Crippen LogP contribution in [0.1, 0.15) is 40.1 Å². The second-order valence-corrected chi connectivity index (χ2v) is 8.81. The smallest absolute Gasteiger partial charge is 0.286 e. The molecule has 9 heteroatoms. The second kappa shape index (κ2) is 11.9. The summed E-state index contributed by atoms with van der Waals surface area (Å²) in [4.78, 5) is 29.3. The number of carbonyl (C=O) groups excluding carboxylic acids is 2. The molecule has 1 fully saturated rings. The molecule has 1 aromatic heterocycles. The van der Waals surface area contributed by atoms with Gasteiger partial charge in [-0.2, -0.15) is 0 Å². The maximum absolute atomic E-state index is 12.4. The number of rotatable bonds is 10. The number of aromatic nitrogens is 2. The van der Waals surface area contributed by atoms with Gasteiger partial charge in [0.1, 0.15) is 5.01 Å². The fourth-order valence-corrected chi connectivity index (χ4v) is 4.28. The number of hydrogen-bond acceptors (Lipinski definition) is 7. The third-order valence-electron chi connectivity index (χ3n) is 5.51. The lowest BCUT2D eigenvalue weighted by atomic mass is 10.2. The summed E-state index contributed by atoms with van der Waals surface area (Å²) < 4.78 is 0. The number of piperazine rings is 1. The van der Waals surface area contributed by atoms with Crippen molar-refractivity contribution in [2.75, 3.05) is 51.1 Å². The Morgan fingerprint density at radius 1 is 1.10 bits per heavy atom. The van der Waals surface area contributed by atoms with Crippen LogP contribution in [0.25, 0.3) is 0 Å². The predicted octanol–water partition coefficient (Wildman–Crippen LogP) is 2.18. The number of amides is 2. The van der Waals surface area contributed by atoms with E-state index in [1.807, 2.05) is 31.2 Å². The van der Waals surface area contributed by atoms with Gasteiger partial charge in [0, 0.05) is 57.8 Å². The van der Waals surface area contributed by atoms with E-state index in [2.05, 4.69) is 37.6 Å². The van der Waals surface area contributed by atoms with Crippen molar-refractivity contribution in [1.29, 1.82) is 0 Å². The highest BCUT2D eigenvalue weighted by atomic mass is 32.1. The largest absolute Gasteiger partial charge is 0.355 e. The van der Waals surface area contributed by atoms with Crippen LogP contribution >= 0.6 is 11.3 Å². The van der Waals surface area contributed by atoms with Gasteiger partial charge in [0.05, 0.1) is 0 Å². The Bertz CT molecular complexity index is 863. The molecular formula is C22H32N6O2S. The molecule has 2 aromatic rings. The van der Waals surface area contributed by atoms with Gasteiger partial charge in [-0.25, -0.2) is 0 Å². The van der Waals surface area contributed by atoms with Gasteiger partial charge in [0.15, 0.2) is 0 Å². The molecule has 0 bridgehead atoms. The second-order valence-electron chi connectivity index (χ2n) is 7.75. The van der Waals surface area contributed by atoms with Gasteiger partial charge in [-0.1, -0.05) is 36.5 Å². The Kier molecular flexibility index (Phi) is 8.93. The maximum Gasteiger partial charge on any atom is 0.286 e. The van der Waals surface area contributed by atoms with E-state index in [-0.39, 0.29) is 11.8 Å². The molecule has 1 aliphatic heterocycles. The first kappa shape index (κ1) is 23.3. The van der Waals surface area contributed by atoms with E-state index < -0.39 is 0 Å². The molecule has 168 valence electrons. The van der Waals surface area contributed by atoms with Crippen LogP contribution in [0.5, 0.6) is 0 Å². The third-order valence-corrected chi connectivity index (χ3v) is 6.49. The quantitative estimate of drug-likeness (QED) is 0.584. The summed E-state index contributed by atoms with van der Waals surface area (Å²) >= 11 is 1.28. The number of anilines is 1. The number of nitrogens with one attached hydrogen (secondary N) is 2. The normalized spacial score (nSPS) is 15.0. The van der Waals surface area contributed by atoms with Crippen molar-refractivity contribution in [2.45, 2.75) is 33.1 Å². The highest BCUT2D eigenvalue weighted by Gasteiger charge is 2.16. The van der Waals surface area contributed by atoms with Crippen LogP contribution in [0.2, 0.25) is 0 Å². The molecule has 2 heterocycles. The van der Waals surface area contributed by atoms with Crippen molar-refractivity contribution >= 4 is 28.8 Å². The van der Waals surface area contributed by atoms with E-state index in [4.69, 9.17) is 0 Å². The molecule has 1 saturated heterocycles. The van der Waals surface area contributed by atoms with E-state index in [0.717, 1.165) is 55.5 Å². The van der Waals surface area contributed by atoms with Crippen LogP contribution < -0.4 is 10.6 Å². The van der Waals surface area contributed by atoms with Crippen molar-refractivity contribution in [3.63, 3.8) is 0 Å². The molecule has 31 heavy (non-hydrogen) atoms. The highest BCUT2D eigenvalue weighted by Crippen LogP contribution is 2.17. The SMILES string of the molecule is CCN1CCN(CCNC(=O)CCCc2nnc(C(=O)Nc3ccccc3C)s2)CC1. The fourth-order valence-electron chi connectivity index (χ4n) is 3.51. The minimum atomic E-state index is -0.254. The molecule has 0 unspecified atom stereocenters. The van der Waals surface area contributed by atoms with Crippen molar-refractivity contribution < 1.29 is 9.59 Å². The van der Waals surface area contributed by atoms with Gasteiger partial charge in [0.2, 0.25) is 10.9 Å². The zero-order chi connectivity index (χ0) is 22.1. The molecule has 1 aliphatic rings. The Balaban J connectivity index is 1.32. The van der Waals surface area contributed by atoms with Gasteiger partial charge in [-0.15, -0.1) is 10.2 Å². The summed E-state index contributed by atoms with van der Waals surface area (Å²) in [7, 11) is 0. The number of benzene rings is 1. The zero-order valence-corrected chi connectivity index (χ0v) is 19.2. The van der Waals surface area contributed by atoms with E-state index in [0.29, 0.717) is 30.8 Å². The number of aryl methyl sites for hydroxylation is 2. The number of nitrogens with zero attached hydrogens (tertiary/aromatic N) is 4. The van der Waals surface area contributed by atoms with Crippen LogP contribution in [0.4, 0.5) is 5.69 Å². The van der Waals surface area contributed by atoms with Crippen LogP contribution in [0.3, 0.4) is 0 Å². The molecule has 0 spiro atoms. The third kappa shape index (κ3) is 7.37. The van der Waals surface area contributed by atoms with E-state index >= 15 is 0 Å². The van der Waals surface area contributed by atoms with Crippen molar-refractivity contribution in [3.05, 3.63) is 39.8 Å². The monoisotopic (exact) mass is 444 g/mol. The Hall–Kier alpha value is -2.36.